The summed E-state index contributed by atoms with van der Waals surface area (Å²) in [6.07, 6.45) is 1.12. The highest BCUT2D eigenvalue weighted by atomic mass is 15.1. The fourth-order valence-electron chi connectivity index (χ4n) is 2.22. The summed E-state index contributed by atoms with van der Waals surface area (Å²) in [4.78, 5) is 2.31. The molecule has 2 nitrogen and oxygen atoms in total. The van der Waals surface area contributed by atoms with Crippen LogP contribution in [0.5, 0.6) is 0 Å². The molecule has 0 aliphatic carbocycles. The maximum atomic E-state index is 3.34. The lowest BCUT2D eigenvalue weighted by atomic mass is 10.0. The first-order valence-corrected chi connectivity index (χ1v) is 6.56. The minimum atomic E-state index is 0.472. The second-order valence-electron chi connectivity index (χ2n) is 5.12. The van der Waals surface area contributed by atoms with Gasteiger partial charge in [0.05, 0.1) is 0 Å². The van der Waals surface area contributed by atoms with Crippen LogP contribution >= 0.6 is 0 Å². The molecule has 1 rings (SSSR count). The maximum absolute atomic E-state index is 3.34. The van der Waals surface area contributed by atoms with Crippen molar-refractivity contribution >= 4 is 5.69 Å². The summed E-state index contributed by atoms with van der Waals surface area (Å²) in [6.45, 7) is 7.81. The fourth-order valence-corrected chi connectivity index (χ4v) is 2.22. The molecule has 0 bridgehead atoms. The van der Waals surface area contributed by atoms with Crippen molar-refractivity contribution in [1.29, 1.82) is 0 Å². The van der Waals surface area contributed by atoms with E-state index in [2.05, 4.69) is 62.3 Å². The third-order valence-corrected chi connectivity index (χ3v) is 3.13. The van der Waals surface area contributed by atoms with E-state index in [9.17, 15) is 0 Å². The first-order chi connectivity index (χ1) is 8.08. The molecular formula is C15H26N2. The van der Waals surface area contributed by atoms with Crippen LogP contribution in [0, 0.1) is 5.92 Å². The predicted octanol–water partition coefficient (Wildman–Crippen LogP) is 3.45. The molecule has 2 heteroatoms. The topological polar surface area (TPSA) is 15.3 Å². The standard InChI is InChI=1S/C15H26N2/c1-6-15(16-4)13-7-9-14(10-8-13)17(5)11-12(2)3/h7-10,12,15-16H,6,11H2,1-5H3. The van der Waals surface area contributed by atoms with Gasteiger partial charge in [-0.15, -0.1) is 0 Å². The molecule has 0 heterocycles. The van der Waals surface area contributed by atoms with Gasteiger partial charge in [-0.2, -0.15) is 0 Å². The number of rotatable bonds is 6. The number of nitrogens with zero attached hydrogens (tertiary/aromatic N) is 1. The van der Waals surface area contributed by atoms with Gasteiger partial charge in [-0.1, -0.05) is 32.9 Å². The Balaban J connectivity index is 2.73. The minimum Gasteiger partial charge on any atom is -0.374 e. The van der Waals surface area contributed by atoms with Crippen molar-refractivity contribution in [2.75, 3.05) is 25.5 Å². The summed E-state index contributed by atoms with van der Waals surface area (Å²) in [5.74, 6) is 0.695. The molecule has 96 valence electrons. The molecule has 1 N–H and O–H groups in total. The van der Waals surface area contributed by atoms with Gasteiger partial charge in [0, 0.05) is 25.3 Å². The van der Waals surface area contributed by atoms with E-state index in [-0.39, 0.29) is 0 Å². The number of hydrogen-bond donors (Lipinski definition) is 1. The van der Waals surface area contributed by atoms with Crippen LogP contribution in [0.25, 0.3) is 0 Å². The zero-order valence-corrected chi connectivity index (χ0v) is 11.8. The van der Waals surface area contributed by atoms with Crippen LogP contribution in [0.2, 0.25) is 0 Å². The van der Waals surface area contributed by atoms with E-state index in [1.54, 1.807) is 0 Å². The van der Waals surface area contributed by atoms with Crippen molar-refractivity contribution in [3.8, 4) is 0 Å². The third kappa shape index (κ3) is 4.04. The van der Waals surface area contributed by atoms with Crippen LogP contribution in [0.1, 0.15) is 38.8 Å². The van der Waals surface area contributed by atoms with Gasteiger partial charge in [-0.05, 0) is 37.1 Å². The third-order valence-electron chi connectivity index (χ3n) is 3.13. The molecule has 0 fully saturated rings. The van der Waals surface area contributed by atoms with Gasteiger partial charge in [0.1, 0.15) is 0 Å². The van der Waals surface area contributed by atoms with Crippen molar-refractivity contribution in [3.63, 3.8) is 0 Å². The van der Waals surface area contributed by atoms with Gasteiger partial charge < -0.3 is 10.2 Å². The Morgan fingerprint density at radius 3 is 2.18 bits per heavy atom. The molecule has 0 saturated heterocycles. The summed E-state index contributed by atoms with van der Waals surface area (Å²) < 4.78 is 0. The Morgan fingerprint density at radius 1 is 1.18 bits per heavy atom. The van der Waals surface area contributed by atoms with E-state index in [1.165, 1.54) is 11.3 Å². The zero-order chi connectivity index (χ0) is 12.8. The highest BCUT2D eigenvalue weighted by molar-refractivity contribution is 5.47. The maximum Gasteiger partial charge on any atom is 0.0363 e. The molecular weight excluding hydrogens is 208 g/mol. The summed E-state index contributed by atoms with van der Waals surface area (Å²) in [5, 5.41) is 3.34. The molecule has 1 aromatic carbocycles. The van der Waals surface area contributed by atoms with Crippen LogP contribution < -0.4 is 10.2 Å². The SMILES string of the molecule is CCC(NC)c1ccc(N(C)CC(C)C)cc1. The average Bonchev–Trinajstić information content (AvgIpc) is 2.30. The number of nitrogens with one attached hydrogen (secondary N) is 1. The van der Waals surface area contributed by atoms with E-state index in [1.807, 2.05) is 7.05 Å². The highest BCUT2D eigenvalue weighted by Crippen LogP contribution is 2.20. The Kier molecular flexibility index (Phi) is 5.49. The van der Waals surface area contributed by atoms with Crippen molar-refractivity contribution in [2.45, 2.75) is 33.2 Å². The van der Waals surface area contributed by atoms with E-state index < -0.39 is 0 Å². The van der Waals surface area contributed by atoms with Gasteiger partial charge in [0.2, 0.25) is 0 Å². The molecule has 1 unspecified atom stereocenters. The van der Waals surface area contributed by atoms with Crippen LogP contribution in [0.4, 0.5) is 5.69 Å². The Morgan fingerprint density at radius 2 is 1.76 bits per heavy atom. The molecule has 0 amide bonds. The molecule has 0 aliphatic heterocycles. The lowest BCUT2D eigenvalue weighted by molar-refractivity contribution is 0.577. The number of anilines is 1. The van der Waals surface area contributed by atoms with Gasteiger partial charge in [-0.3, -0.25) is 0 Å². The van der Waals surface area contributed by atoms with Crippen LogP contribution in [0.3, 0.4) is 0 Å². The number of hydrogen-bond acceptors (Lipinski definition) is 2. The molecule has 17 heavy (non-hydrogen) atoms. The quantitative estimate of drug-likeness (QED) is 0.811. The van der Waals surface area contributed by atoms with Gasteiger partial charge in [0.25, 0.3) is 0 Å². The molecule has 0 aromatic heterocycles. The Bertz CT molecular complexity index is 312. The van der Waals surface area contributed by atoms with Crippen molar-refractivity contribution in [1.82, 2.24) is 5.32 Å². The van der Waals surface area contributed by atoms with E-state index in [0.29, 0.717) is 12.0 Å². The van der Waals surface area contributed by atoms with Gasteiger partial charge >= 0.3 is 0 Å². The number of benzene rings is 1. The first kappa shape index (κ1) is 14.0. The zero-order valence-electron chi connectivity index (χ0n) is 11.8. The minimum absolute atomic E-state index is 0.472. The van der Waals surface area contributed by atoms with Crippen molar-refractivity contribution in [3.05, 3.63) is 29.8 Å². The van der Waals surface area contributed by atoms with Crippen LogP contribution in [0.15, 0.2) is 24.3 Å². The van der Waals surface area contributed by atoms with Gasteiger partial charge in [0.15, 0.2) is 0 Å². The normalized spacial score (nSPS) is 12.8. The monoisotopic (exact) mass is 234 g/mol. The molecule has 0 radical (unpaired) electrons. The van der Waals surface area contributed by atoms with E-state index in [4.69, 9.17) is 0 Å². The smallest absolute Gasteiger partial charge is 0.0363 e. The second-order valence-corrected chi connectivity index (χ2v) is 5.12. The van der Waals surface area contributed by atoms with Crippen molar-refractivity contribution < 1.29 is 0 Å². The molecule has 0 aliphatic rings. The molecule has 0 saturated carbocycles. The van der Waals surface area contributed by atoms with Crippen LogP contribution in [-0.4, -0.2) is 20.6 Å². The largest absolute Gasteiger partial charge is 0.374 e. The Hall–Kier alpha value is -1.02. The lowest BCUT2D eigenvalue weighted by Gasteiger charge is -2.22. The summed E-state index contributed by atoms with van der Waals surface area (Å²) >= 11 is 0. The predicted molar refractivity (Wildman–Crippen MR) is 76.6 cm³/mol. The van der Waals surface area contributed by atoms with Crippen LogP contribution in [-0.2, 0) is 0 Å². The van der Waals surface area contributed by atoms with E-state index >= 15 is 0 Å². The molecule has 0 spiro atoms. The second kappa shape index (κ2) is 6.65. The fraction of sp³-hybridized carbons (Fsp3) is 0.600. The van der Waals surface area contributed by atoms with E-state index in [0.717, 1.165) is 13.0 Å². The summed E-state index contributed by atoms with van der Waals surface area (Å²) in [7, 11) is 4.18. The lowest BCUT2D eigenvalue weighted by Crippen LogP contribution is -2.22. The molecule has 1 aromatic rings. The Labute approximate surface area is 106 Å². The molecule has 1 atom stereocenters. The summed E-state index contributed by atoms with van der Waals surface area (Å²) in [5.41, 5.74) is 2.67. The first-order valence-electron chi connectivity index (χ1n) is 6.56. The van der Waals surface area contributed by atoms with Crippen molar-refractivity contribution in [2.24, 2.45) is 5.92 Å². The van der Waals surface area contributed by atoms with Gasteiger partial charge in [-0.25, -0.2) is 0 Å². The highest BCUT2D eigenvalue weighted by Gasteiger charge is 2.07. The summed E-state index contributed by atoms with van der Waals surface area (Å²) in [6, 6.07) is 9.38. The average molecular weight is 234 g/mol.